The van der Waals surface area contributed by atoms with E-state index in [1.165, 1.54) is 5.56 Å². The van der Waals surface area contributed by atoms with E-state index in [1.54, 1.807) is 6.20 Å². The molecule has 3 amide bonds. The summed E-state index contributed by atoms with van der Waals surface area (Å²) in [5.74, 6) is 0.534. The highest BCUT2D eigenvalue weighted by Gasteiger charge is 2.19. The van der Waals surface area contributed by atoms with Crippen LogP contribution < -0.4 is 21.3 Å². The van der Waals surface area contributed by atoms with E-state index in [9.17, 15) is 9.59 Å². The third-order valence-electron chi connectivity index (χ3n) is 6.28. The maximum Gasteiger partial charge on any atom is 0.312 e. The second-order valence-electron chi connectivity index (χ2n) is 8.90. The minimum absolute atomic E-state index is 0.178. The summed E-state index contributed by atoms with van der Waals surface area (Å²) in [6, 6.07) is 16.8. The number of rotatable bonds is 7. The van der Waals surface area contributed by atoms with E-state index in [2.05, 4.69) is 36.5 Å². The van der Waals surface area contributed by atoms with Gasteiger partial charge in [0.15, 0.2) is 0 Å². The first-order valence-corrected chi connectivity index (χ1v) is 12.1. The van der Waals surface area contributed by atoms with Gasteiger partial charge in [-0.25, -0.2) is 9.78 Å². The number of piperazine rings is 1. The summed E-state index contributed by atoms with van der Waals surface area (Å²) in [7, 11) is 0. The highest BCUT2D eigenvalue weighted by atomic mass is 16.2. The predicted molar refractivity (Wildman–Crippen MR) is 143 cm³/mol. The Balaban J connectivity index is 1.24. The van der Waals surface area contributed by atoms with Crippen LogP contribution in [0.4, 0.5) is 16.3 Å². The third kappa shape index (κ3) is 6.17. The van der Waals surface area contributed by atoms with Crippen LogP contribution in [0.2, 0.25) is 0 Å². The van der Waals surface area contributed by atoms with Crippen LogP contribution in [0.1, 0.15) is 5.56 Å². The summed E-state index contributed by atoms with van der Waals surface area (Å²) in [5, 5.41) is 4.99. The molecule has 0 radical (unpaired) electrons. The topological polar surface area (TPSA) is 129 Å². The number of nitrogens with one attached hydrogen (secondary N) is 2. The zero-order valence-electron chi connectivity index (χ0n) is 20.3. The molecule has 1 aliphatic heterocycles. The summed E-state index contributed by atoms with van der Waals surface area (Å²) >= 11 is 0. The maximum absolute atomic E-state index is 11.9. The van der Waals surface area contributed by atoms with Crippen molar-refractivity contribution in [1.82, 2.24) is 25.2 Å². The van der Waals surface area contributed by atoms with Gasteiger partial charge in [-0.1, -0.05) is 24.3 Å². The van der Waals surface area contributed by atoms with Crippen LogP contribution in [-0.2, 0) is 11.3 Å². The lowest BCUT2D eigenvalue weighted by molar-refractivity contribution is -0.115. The van der Waals surface area contributed by atoms with Crippen molar-refractivity contribution >= 4 is 34.5 Å². The van der Waals surface area contributed by atoms with Crippen LogP contribution in [-0.4, -0.2) is 64.5 Å². The van der Waals surface area contributed by atoms with E-state index in [4.69, 9.17) is 10.7 Å². The van der Waals surface area contributed by atoms with Crippen molar-refractivity contribution in [3.63, 3.8) is 0 Å². The molecule has 1 fully saturated rings. The minimum atomic E-state index is -0.740. The molecule has 0 atom stereocenters. The Bertz CT molecular complexity index is 1390. The summed E-state index contributed by atoms with van der Waals surface area (Å²) in [6.07, 6.45) is 5.57. The maximum atomic E-state index is 11.9. The average molecular weight is 497 g/mol. The van der Waals surface area contributed by atoms with E-state index in [0.29, 0.717) is 5.69 Å². The van der Waals surface area contributed by atoms with Crippen LogP contribution in [0.15, 0.2) is 73.2 Å². The van der Waals surface area contributed by atoms with E-state index in [-0.39, 0.29) is 12.5 Å². The van der Waals surface area contributed by atoms with E-state index in [0.717, 1.165) is 60.7 Å². The summed E-state index contributed by atoms with van der Waals surface area (Å²) in [5.41, 5.74) is 10.5. The number of primary amides is 1. The van der Waals surface area contributed by atoms with Crippen molar-refractivity contribution in [2.24, 2.45) is 5.73 Å². The molecular formula is C27H28N8O2. The van der Waals surface area contributed by atoms with E-state index in [1.807, 2.05) is 60.9 Å². The van der Waals surface area contributed by atoms with Gasteiger partial charge in [-0.05, 0) is 47.0 Å². The number of aromatic nitrogens is 3. The number of pyridine rings is 1. The molecule has 4 aromatic rings. The Hall–Kier alpha value is -4.57. The van der Waals surface area contributed by atoms with Gasteiger partial charge < -0.3 is 21.3 Å². The molecule has 2 aromatic heterocycles. The second-order valence-corrected chi connectivity index (χ2v) is 8.90. The van der Waals surface area contributed by atoms with Gasteiger partial charge in [-0.2, -0.15) is 0 Å². The Kier molecular flexibility index (Phi) is 7.18. The Labute approximate surface area is 214 Å². The Morgan fingerprint density at radius 3 is 2.43 bits per heavy atom. The van der Waals surface area contributed by atoms with Gasteiger partial charge in [0.1, 0.15) is 5.82 Å². The highest BCUT2D eigenvalue weighted by Crippen LogP contribution is 2.26. The third-order valence-corrected chi connectivity index (χ3v) is 6.28. The molecule has 5 rings (SSSR count). The summed E-state index contributed by atoms with van der Waals surface area (Å²) in [6.45, 7) is 4.42. The fraction of sp³-hybridized carbons (Fsp3) is 0.222. The molecule has 0 aliphatic carbocycles. The number of urea groups is 1. The molecule has 4 N–H and O–H groups in total. The van der Waals surface area contributed by atoms with Gasteiger partial charge in [-0.15, -0.1) is 0 Å². The van der Waals surface area contributed by atoms with Gasteiger partial charge in [0, 0.05) is 50.8 Å². The van der Waals surface area contributed by atoms with Gasteiger partial charge in [0.05, 0.1) is 23.8 Å². The van der Waals surface area contributed by atoms with Crippen molar-refractivity contribution in [2.75, 3.05) is 42.9 Å². The lowest BCUT2D eigenvalue weighted by Crippen LogP contribution is -2.46. The monoisotopic (exact) mass is 496 g/mol. The zero-order valence-corrected chi connectivity index (χ0v) is 20.3. The van der Waals surface area contributed by atoms with Crippen LogP contribution in [0.5, 0.6) is 0 Å². The molecule has 0 saturated carbocycles. The Morgan fingerprint density at radius 1 is 0.919 bits per heavy atom. The molecule has 10 nitrogen and oxygen atoms in total. The second kappa shape index (κ2) is 11.0. The van der Waals surface area contributed by atoms with E-state index < -0.39 is 6.03 Å². The molecule has 37 heavy (non-hydrogen) atoms. The van der Waals surface area contributed by atoms with Gasteiger partial charge in [0.25, 0.3) is 0 Å². The highest BCUT2D eigenvalue weighted by molar-refractivity contribution is 5.94. The molecule has 2 aromatic carbocycles. The predicted octanol–water partition coefficient (Wildman–Crippen LogP) is 2.62. The molecular weight excluding hydrogens is 468 g/mol. The number of hydrogen-bond acceptors (Lipinski definition) is 7. The fourth-order valence-electron chi connectivity index (χ4n) is 4.34. The standard InChI is InChI=1S/C27H28N8O2/c28-27(37)31-17-26(36)32-22-6-3-20(4-7-22)21-5-8-23-24(14-21)33-25(16-30-23)35-12-10-34(11-13-35)18-19-2-1-9-29-15-19/h1-9,14-16H,10-13,17-18H2,(H,32,36)(H3,28,31,37). The van der Waals surface area contributed by atoms with E-state index >= 15 is 0 Å². The zero-order chi connectivity index (χ0) is 25.6. The van der Waals surface area contributed by atoms with Crippen LogP contribution in [0.3, 0.4) is 0 Å². The average Bonchev–Trinajstić information content (AvgIpc) is 2.93. The minimum Gasteiger partial charge on any atom is -0.353 e. The SMILES string of the molecule is NC(=O)NCC(=O)Nc1ccc(-c2ccc3ncc(N4CCN(Cc5cccnc5)CC4)nc3c2)cc1. The van der Waals surface area contributed by atoms with Crippen molar-refractivity contribution in [3.8, 4) is 11.1 Å². The number of nitrogens with zero attached hydrogens (tertiary/aromatic N) is 5. The smallest absolute Gasteiger partial charge is 0.312 e. The van der Waals surface area contributed by atoms with Gasteiger partial charge in [-0.3, -0.25) is 19.7 Å². The number of nitrogens with two attached hydrogens (primary N) is 1. The normalized spacial score (nSPS) is 13.9. The number of benzene rings is 2. The first-order valence-electron chi connectivity index (χ1n) is 12.1. The summed E-state index contributed by atoms with van der Waals surface area (Å²) < 4.78 is 0. The van der Waals surface area contributed by atoms with Crippen molar-refractivity contribution in [3.05, 3.63) is 78.8 Å². The van der Waals surface area contributed by atoms with Gasteiger partial charge in [0.2, 0.25) is 5.91 Å². The van der Waals surface area contributed by atoms with Crippen molar-refractivity contribution in [1.29, 1.82) is 0 Å². The molecule has 0 spiro atoms. The number of carbonyl (C=O) groups is 2. The number of carbonyl (C=O) groups excluding carboxylic acids is 2. The molecule has 0 unspecified atom stereocenters. The largest absolute Gasteiger partial charge is 0.353 e. The molecule has 0 bridgehead atoms. The quantitative estimate of drug-likeness (QED) is 0.359. The number of amides is 3. The first kappa shape index (κ1) is 24.1. The molecule has 1 aliphatic rings. The first-order chi connectivity index (χ1) is 18.0. The molecule has 1 saturated heterocycles. The lowest BCUT2D eigenvalue weighted by atomic mass is 10.0. The summed E-state index contributed by atoms with van der Waals surface area (Å²) in [4.78, 5) is 41.1. The molecule has 3 heterocycles. The van der Waals surface area contributed by atoms with Crippen LogP contribution in [0.25, 0.3) is 22.2 Å². The van der Waals surface area contributed by atoms with Crippen LogP contribution >= 0.6 is 0 Å². The van der Waals surface area contributed by atoms with Crippen LogP contribution in [0, 0.1) is 0 Å². The molecule has 188 valence electrons. The fourth-order valence-corrected chi connectivity index (χ4v) is 4.34. The van der Waals surface area contributed by atoms with Crippen molar-refractivity contribution in [2.45, 2.75) is 6.54 Å². The Morgan fingerprint density at radius 2 is 1.70 bits per heavy atom. The van der Waals surface area contributed by atoms with Gasteiger partial charge >= 0.3 is 6.03 Å². The lowest BCUT2D eigenvalue weighted by Gasteiger charge is -2.35. The number of hydrogen-bond donors (Lipinski definition) is 3. The molecule has 10 heteroatoms. The van der Waals surface area contributed by atoms with Crippen molar-refractivity contribution < 1.29 is 9.59 Å². The number of fused-ring (bicyclic) bond motifs is 1. The number of anilines is 2.